The summed E-state index contributed by atoms with van der Waals surface area (Å²) in [6.07, 6.45) is 1.11. The Kier molecular flexibility index (Phi) is 7.93. The molecule has 2 amide bonds. The minimum atomic E-state index is -0.461. The Balaban J connectivity index is 1.46. The summed E-state index contributed by atoms with van der Waals surface area (Å²) in [4.78, 5) is 28.5. The van der Waals surface area contributed by atoms with E-state index in [1.165, 1.54) is 12.1 Å². The third kappa shape index (κ3) is 5.74. The number of furan rings is 1. The van der Waals surface area contributed by atoms with Gasteiger partial charge in [0.15, 0.2) is 17.3 Å². The van der Waals surface area contributed by atoms with Gasteiger partial charge < -0.3 is 38.7 Å². The Hall–Kier alpha value is -4.96. The number of carbonyl (C=O) groups excluding carboxylic acids is 2. The Morgan fingerprint density at radius 3 is 2.79 bits per heavy atom. The molecule has 10 nitrogen and oxygen atoms in total. The van der Waals surface area contributed by atoms with Crippen molar-refractivity contribution in [3.8, 4) is 28.7 Å². The van der Waals surface area contributed by atoms with Crippen molar-refractivity contribution < 1.29 is 38.1 Å². The van der Waals surface area contributed by atoms with Gasteiger partial charge >= 0.3 is 0 Å². The van der Waals surface area contributed by atoms with Gasteiger partial charge in [-0.05, 0) is 84.1 Å². The third-order valence-electron chi connectivity index (χ3n) is 7.56. The van der Waals surface area contributed by atoms with Crippen molar-refractivity contribution in [2.75, 3.05) is 33.9 Å². The topological polar surface area (TPSA) is 120 Å². The van der Waals surface area contributed by atoms with E-state index in [-0.39, 0.29) is 29.6 Å². The molecule has 3 aliphatic rings. The van der Waals surface area contributed by atoms with Crippen molar-refractivity contribution in [2.24, 2.45) is 0 Å². The van der Waals surface area contributed by atoms with Crippen LogP contribution < -0.4 is 19.5 Å². The molecule has 0 saturated heterocycles. The van der Waals surface area contributed by atoms with Crippen LogP contribution >= 0.6 is 0 Å². The summed E-state index contributed by atoms with van der Waals surface area (Å²) in [5.74, 6) is 1.91. The first-order valence-electron chi connectivity index (χ1n) is 14.1. The molecule has 0 saturated carbocycles. The van der Waals surface area contributed by atoms with Crippen molar-refractivity contribution in [1.29, 1.82) is 0 Å². The number of carbonyl (C=O) groups is 2. The molecule has 0 aliphatic carbocycles. The van der Waals surface area contributed by atoms with Gasteiger partial charge in [0.1, 0.15) is 29.6 Å². The fraction of sp³-hybridized carbons (Fsp3) is 0.273. The highest BCUT2D eigenvalue weighted by atomic mass is 16.5. The number of hydrogen-bond acceptors (Lipinski definition) is 8. The van der Waals surface area contributed by atoms with Crippen molar-refractivity contribution in [2.45, 2.75) is 25.5 Å². The number of fused-ring (bicyclic) bond motifs is 6. The fourth-order valence-corrected chi connectivity index (χ4v) is 5.52. The lowest BCUT2D eigenvalue weighted by Crippen LogP contribution is -2.40. The number of phenolic OH excluding ortho intramolecular Hbond substituents is 1. The van der Waals surface area contributed by atoms with Gasteiger partial charge in [0.2, 0.25) is 0 Å². The Bertz CT molecular complexity index is 1660. The number of rotatable bonds is 4. The predicted molar refractivity (Wildman–Crippen MR) is 156 cm³/mol. The van der Waals surface area contributed by atoms with Crippen LogP contribution in [-0.2, 0) is 17.8 Å². The first kappa shape index (κ1) is 28.2. The molecule has 1 unspecified atom stereocenters. The smallest absolute Gasteiger partial charge is 0.290 e. The van der Waals surface area contributed by atoms with Crippen LogP contribution in [0, 0.1) is 0 Å². The summed E-state index contributed by atoms with van der Waals surface area (Å²) in [5.41, 5.74) is 2.83. The van der Waals surface area contributed by atoms with Crippen LogP contribution in [0.5, 0.6) is 28.7 Å². The highest BCUT2D eigenvalue weighted by Crippen LogP contribution is 2.43. The molecule has 8 bridgehead atoms. The zero-order chi connectivity index (χ0) is 29.9. The Morgan fingerprint density at radius 1 is 1.07 bits per heavy atom. The van der Waals surface area contributed by atoms with Crippen LogP contribution in [0.2, 0.25) is 0 Å². The first-order valence-corrected chi connectivity index (χ1v) is 14.1. The molecule has 4 aromatic rings. The van der Waals surface area contributed by atoms with E-state index in [2.05, 4.69) is 5.32 Å². The first-order chi connectivity index (χ1) is 20.9. The largest absolute Gasteiger partial charge is 0.507 e. The summed E-state index contributed by atoms with van der Waals surface area (Å²) >= 11 is 0. The van der Waals surface area contributed by atoms with Gasteiger partial charge in [-0.15, -0.1) is 0 Å². The Morgan fingerprint density at radius 2 is 1.95 bits per heavy atom. The number of methoxy groups -OCH3 is 2. The van der Waals surface area contributed by atoms with E-state index in [9.17, 15) is 14.7 Å². The summed E-state index contributed by atoms with van der Waals surface area (Å²) in [5, 5.41) is 13.2. The average Bonchev–Trinajstić information content (AvgIpc) is 3.49. The molecular weight excluding hydrogens is 552 g/mol. The molecule has 4 heterocycles. The van der Waals surface area contributed by atoms with Gasteiger partial charge in [-0.2, -0.15) is 0 Å². The normalized spacial score (nSPS) is 16.4. The number of amides is 2. The van der Waals surface area contributed by atoms with E-state index in [4.69, 9.17) is 23.4 Å². The number of ether oxygens (including phenoxy) is 4. The molecule has 1 atom stereocenters. The zero-order valence-corrected chi connectivity index (χ0v) is 23.9. The maximum Gasteiger partial charge on any atom is 0.290 e. The molecule has 0 radical (unpaired) electrons. The summed E-state index contributed by atoms with van der Waals surface area (Å²) in [7, 11) is 3.12. The number of nitrogens with one attached hydrogen (secondary N) is 1. The highest BCUT2D eigenvalue weighted by molar-refractivity contribution is 5.97. The van der Waals surface area contributed by atoms with Gasteiger partial charge in [-0.25, -0.2) is 0 Å². The van der Waals surface area contributed by atoms with E-state index < -0.39 is 11.9 Å². The Labute approximate surface area is 248 Å². The maximum absolute atomic E-state index is 13.9. The predicted octanol–water partition coefficient (Wildman–Crippen LogP) is 5.23. The average molecular weight is 585 g/mol. The minimum absolute atomic E-state index is 0.102. The number of phenols is 1. The fourth-order valence-electron chi connectivity index (χ4n) is 5.52. The summed E-state index contributed by atoms with van der Waals surface area (Å²) in [6, 6.07) is 18.9. The van der Waals surface area contributed by atoms with Crippen LogP contribution in [0.3, 0.4) is 0 Å². The second-order valence-electron chi connectivity index (χ2n) is 10.4. The number of aromatic hydroxyl groups is 1. The lowest BCUT2D eigenvalue weighted by atomic mass is 9.87. The van der Waals surface area contributed by atoms with Crippen molar-refractivity contribution in [3.63, 3.8) is 0 Å². The standard InChI is InChI=1S/C33H32N2O8/c1-39-19-24-8-10-28(43-24)33(38)35-13-11-20-16-30-29(40-2)18-25(20)31(35)21-5-3-6-22(15-21)41-14-4-12-34-32(37)26-17-23(42-30)7-9-27(26)36/h3,5-10,15-18,31,36H,4,11-14,19H2,1-2H3,(H,34,37). The summed E-state index contributed by atoms with van der Waals surface area (Å²) < 4.78 is 29.0. The molecule has 43 heavy (non-hydrogen) atoms. The molecule has 222 valence electrons. The lowest BCUT2D eigenvalue weighted by molar-refractivity contribution is 0.0653. The molecule has 0 fully saturated rings. The van der Waals surface area contributed by atoms with Gasteiger partial charge in [-0.3, -0.25) is 9.59 Å². The lowest BCUT2D eigenvalue weighted by Gasteiger charge is -2.38. The number of benzene rings is 3. The van der Waals surface area contributed by atoms with E-state index in [0.29, 0.717) is 61.3 Å². The van der Waals surface area contributed by atoms with Crippen molar-refractivity contribution >= 4 is 11.8 Å². The second kappa shape index (κ2) is 12.1. The van der Waals surface area contributed by atoms with Crippen LogP contribution in [0.4, 0.5) is 0 Å². The van der Waals surface area contributed by atoms with Crippen LogP contribution in [-0.4, -0.2) is 55.7 Å². The van der Waals surface area contributed by atoms with Gasteiger partial charge in [0.25, 0.3) is 11.8 Å². The van der Waals surface area contributed by atoms with Crippen LogP contribution in [0.1, 0.15) is 55.8 Å². The van der Waals surface area contributed by atoms with E-state index in [1.807, 2.05) is 36.4 Å². The zero-order valence-electron chi connectivity index (χ0n) is 23.9. The highest BCUT2D eigenvalue weighted by Gasteiger charge is 2.35. The van der Waals surface area contributed by atoms with Gasteiger partial charge in [0.05, 0.1) is 25.3 Å². The van der Waals surface area contributed by atoms with Gasteiger partial charge in [0, 0.05) is 20.2 Å². The summed E-state index contributed by atoms with van der Waals surface area (Å²) in [6.45, 7) is 1.40. The van der Waals surface area contributed by atoms with E-state index in [1.54, 1.807) is 37.3 Å². The number of hydrogen-bond donors (Lipinski definition) is 2. The molecule has 3 aromatic carbocycles. The molecule has 7 rings (SSSR count). The molecule has 3 aliphatic heterocycles. The van der Waals surface area contributed by atoms with E-state index in [0.717, 1.165) is 16.7 Å². The molecule has 10 heteroatoms. The van der Waals surface area contributed by atoms with Gasteiger partial charge in [-0.1, -0.05) is 12.1 Å². The quantitative estimate of drug-likeness (QED) is 0.335. The SMILES string of the molecule is COCc1ccc(C(=O)N2CCc3cc4c(OC)cc3C2c2cccc(c2)OCCCNC(=O)c2cc(ccc2O)O4)o1. The molecule has 0 spiro atoms. The molecule has 1 aromatic heterocycles. The second-order valence-corrected chi connectivity index (χ2v) is 10.4. The molecule has 2 N–H and O–H groups in total. The number of nitrogens with zero attached hydrogens (tertiary/aromatic N) is 1. The van der Waals surface area contributed by atoms with Crippen LogP contribution in [0.25, 0.3) is 0 Å². The van der Waals surface area contributed by atoms with Crippen LogP contribution in [0.15, 0.2) is 71.1 Å². The maximum atomic E-state index is 13.9. The molecular formula is C33H32N2O8. The van der Waals surface area contributed by atoms with Crippen molar-refractivity contribution in [3.05, 3.63) is 101 Å². The van der Waals surface area contributed by atoms with Crippen molar-refractivity contribution in [1.82, 2.24) is 10.2 Å². The third-order valence-corrected chi connectivity index (χ3v) is 7.56. The van der Waals surface area contributed by atoms with E-state index >= 15 is 0 Å². The minimum Gasteiger partial charge on any atom is -0.507 e. The monoisotopic (exact) mass is 584 g/mol.